The van der Waals surface area contributed by atoms with Gasteiger partial charge in [-0.15, -0.1) is 0 Å². The van der Waals surface area contributed by atoms with E-state index in [1.54, 1.807) is 12.1 Å². The average Bonchev–Trinajstić information content (AvgIpc) is 3.48. The van der Waals surface area contributed by atoms with Gasteiger partial charge in [0.05, 0.1) is 18.3 Å². The second-order valence-corrected chi connectivity index (χ2v) is 12.0. The van der Waals surface area contributed by atoms with Crippen molar-refractivity contribution < 1.29 is 36.7 Å². The zero-order valence-electron chi connectivity index (χ0n) is 23.3. The molecule has 2 aromatic heterocycles. The molecule has 0 radical (unpaired) electrons. The van der Waals surface area contributed by atoms with Crippen molar-refractivity contribution in [3.05, 3.63) is 70.7 Å². The van der Waals surface area contributed by atoms with Gasteiger partial charge in [-0.1, -0.05) is 30.3 Å². The minimum Gasteiger partial charge on any atom is -0.475 e. The van der Waals surface area contributed by atoms with Gasteiger partial charge in [-0.3, -0.25) is 0 Å². The molecule has 1 aliphatic carbocycles. The number of carboxylic acids is 1. The van der Waals surface area contributed by atoms with Gasteiger partial charge in [-0.05, 0) is 74.8 Å². The molecular weight excluding hydrogens is 549 g/mol. The Hall–Kier alpha value is -3.79. The van der Waals surface area contributed by atoms with E-state index in [-0.39, 0.29) is 47.7 Å². The summed E-state index contributed by atoms with van der Waals surface area (Å²) in [6.07, 6.45) is -0.165. The highest BCUT2D eigenvalue weighted by Gasteiger charge is 2.46. The number of ether oxygens (including phenoxy) is 1. The summed E-state index contributed by atoms with van der Waals surface area (Å²) in [6, 6.07) is 11.4. The molecule has 3 unspecified atom stereocenters. The number of rotatable bonds is 7. The molecule has 42 heavy (non-hydrogen) atoms. The van der Waals surface area contributed by atoms with E-state index in [0.717, 1.165) is 54.8 Å². The summed E-state index contributed by atoms with van der Waals surface area (Å²) in [4.78, 5) is 13.9. The van der Waals surface area contributed by atoms with Crippen LogP contribution in [0.5, 0.6) is 0 Å². The Labute approximate surface area is 240 Å². The standard InChI is InChI=1S/C32H31F3N2O5/c1-16-11-19-12-20(13-26(16)37(19)25-9-10-27-22(17(25)2)14-28(41-27)31(38)39)40-15-23-29(36-42-30(23)18-7-8-18)21-5-3-4-6-24(21)32(33,34)35/h3-6,9-10,14,16,18-20,26H,7-8,11-13,15H2,1-2H3,(H,38,39)/t16-,19?,20?,26?/m1/s1. The fraction of sp³-hybridized carbons (Fsp3) is 0.438. The van der Waals surface area contributed by atoms with E-state index in [4.69, 9.17) is 13.7 Å². The summed E-state index contributed by atoms with van der Waals surface area (Å²) in [5.41, 5.74) is 2.71. The first-order valence-corrected chi connectivity index (χ1v) is 14.4. The van der Waals surface area contributed by atoms with E-state index in [9.17, 15) is 23.1 Å². The largest absolute Gasteiger partial charge is 0.475 e. The summed E-state index contributed by atoms with van der Waals surface area (Å²) in [5.74, 6) is 0.0557. The van der Waals surface area contributed by atoms with Crippen LogP contribution in [0, 0.1) is 12.8 Å². The number of carbonyl (C=O) groups is 1. The number of aromatic carboxylic acids is 1. The van der Waals surface area contributed by atoms with Crippen molar-refractivity contribution in [1.29, 1.82) is 0 Å². The minimum atomic E-state index is -4.51. The van der Waals surface area contributed by atoms with Crippen LogP contribution in [-0.2, 0) is 17.5 Å². The Morgan fingerprint density at radius 1 is 1.14 bits per heavy atom. The average molecular weight is 581 g/mol. The zero-order valence-corrected chi connectivity index (χ0v) is 23.3. The molecule has 0 spiro atoms. The first kappa shape index (κ1) is 27.1. The fourth-order valence-electron chi connectivity index (χ4n) is 7.08. The fourth-order valence-corrected chi connectivity index (χ4v) is 7.08. The van der Waals surface area contributed by atoms with E-state index in [1.165, 1.54) is 12.1 Å². The van der Waals surface area contributed by atoms with Crippen LogP contribution in [0.1, 0.15) is 78.0 Å². The molecule has 4 aromatic rings. The Morgan fingerprint density at radius 3 is 2.64 bits per heavy atom. The Morgan fingerprint density at radius 2 is 1.93 bits per heavy atom. The van der Waals surface area contributed by atoms with Crippen LogP contribution in [0.3, 0.4) is 0 Å². The first-order chi connectivity index (χ1) is 20.1. The topological polar surface area (TPSA) is 88.9 Å². The summed E-state index contributed by atoms with van der Waals surface area (Å²) in [5, 5.41) is 14.3. The highest BCUT2D eigenvalue weighted by Crippen LogP contribution is 2.48. The second-order valence-electron chi connectivity index (χ2n) is 12.0. The van der Waals surface area contributed by atoms with Crippen LogP contribution < -0.4 is 4.90 Å². The van der Waals surface area contributed by atoms with Crippen molar-refractivity contribution >= 4 is 22.6 Å². The molecule has 7 rings (SSSR count). The lowest BCUT2D eigenvalue weighted by molar-refractivity contribution is -0.137. The monoisotopic (exact) mass is 580 g/mol. The molecule has 10 heteroatoms. The number of aromatic nitrogens is 1. The van der Waals surface area contributed by atoms with Crippen LogP contribution in [0.15, 0.2) is 51.4 Å². The lowest BCUT2D eigenvalue weighted by atomic mass is 9.95. The summed E-state index contributed by atoms with van der Waals surface area (Å²) in [7, 11) is 0. The summed E-state index contributed by atoms with van der Waals surface area (Å²) < 4.78 is 59.2. The van der Waals surface area contributed by atoms with E-state index in [1.807, 2.05) is 19.1 Å². The van der Waals surface area contributed by atoms with Gasteiger partial charge in [-0.2, -0.15) is 13.2 Å². The molecule has 2 bridgehead atoms. The molecule has 1 N–H and O–H groups in total. The van der Waals surface area contributed by atoms with E-state index < -0.39 is 17.7 Å². The number of furan rings is 1. The Kier molecular flexibility index (Phi) is 6.38. The molecule has 4 heterocycles. The van der Waals surface area contributed by atoms with Crippen molar-refractivity contribution in [2.45, 2.75) is 82.8 Å². The molecule has 7 nitrogen and oxygen atoms in total. The van der Waals surface area contributed by atoms with Gasteiger partial charge in [0.1, 0.15) is 17.0 Å². The molecule has 2 saturated heterocycles. The second kappa shape index (κ2) is 9.90. The number of hydrogen-bond acceptors (Lipinski definition) is 6. The number of fused-ring (bicyclic) bond motifs is 3. The van der Waals surface area contributed by atoms with Gasteiger partial charge >= 0.3 is 12.1 Å². The zero-order chi connectivity index (χ0) is 29.3. The molecule has 2 aliphatic heterocycles. The molecular formula is C32H31F3N2O5. The van der Waals surface area contributed by atoms with E-state index in [2.05, 4.69) is 17.0 Å². The van der Waals surface area contributed by atoms with Gasteiger partial charge in [0.25, 0.3) is 0 Å². The Balaban J connectivity index is 1.14. The van der Waals surface area contributed by atoms with Crippen LogP contribution in [0.2, 0.25) is 0 Å². The third-order valence-electron chi connectivity index (χ3n) is 9.24. The van der Waals surface area contributed by atoms with Crippen molar-refractivity contribution in [2.75, 3.05) is 4.90 Å². The van der Waals surface area contributed by atoms with Gasteiger partial charge < -0.3 is 23.7 Å². The van der Waals surface area contributed by atoms with Gasteiger partial charge in [0.2, 0.25) is 5.76 Å². The van der Waals surface area contributed by atoms with Crippen molar-refractivity contribution in [2.24, 2.45) is 5.92 Å². The molecule has 3 aliphatic rings. The van der Waals surface area contributed by atoms with Crippen LogP contribution in [0.4, 0.5) is 18.9 Å². The van der Waals surface area contributed by atoms with E-state index >= 15 is 0 Å². The lowest BCUT2D eigenvalue weighted by Gasteiger charge is -2.42. The number of alkyl halides is 3. The third-order valence-corrected chi connectivity index (χ3v) is 9.24. The highest BCUT2D eigenvalue weighted by molar-refractivity contribution is 5.94. The van der Waals surface area contributed by atoms with Crippen LogP contribution in [0.25, 0.3) is 22.2 Å². The Bertz CT molecular complexity index is 1670. The van der Waals surface area contributed by atoms with Crippen molar-refractivity contribution in [3.63, 3.8) is 0 Å². The van der Waals surface area contributed by atoms with Crippen LogP contribution >= 0.6 is 0 Å². The number of carboxylic acid groups (broad SMARTS) is 1. The molecule has 1 saturated carbocycles. The normalized spacial score (nSPS) is 24.1. The predicted octanol–water partition coefficient (Wildman–Crippen LogP) is 7.95. The maximum atomic E-state index is 13.9. The SMILES string of the molecule is Cc1c(N2C3CC(OCc4c(-c5ccccc5C(F)(F)F)noc4C4CC4)CC2[C@H](C)C3)ccc2oc(C(=O)O)cc12. The number of anilines is 1. The molecule has 3 fully saturated rings. The highest BCUT2D eigenvalue weighted by atomic mass is 19.4. The molecule has 0 amide bonds. The maximum Gasteiger partial charge on any atom is 0.417 e. The quantitative estimate of drug-likeness (QED) is 0.237. The summed E-state index contributed by atoms with van der Waals surface area (Å²) in [6.45, 7) is 4.39. The number of aryl methyl sites for hydroxylation is 1. The minimum absolute atomic E-state index is 0.0129. The van der Waals surface area contributed by atoms with Gasteiger partial charge in [-0.25, -0.2) is 4.79 Å². The number of piperidine rings is 1. The molecule has 2 aromatic carbocycles. The molecule has 4 atom stereocenters. The smallest absolute Gasteiger partial charge is 0.417 e. The first-order valence-electron chi connectivity index (χ1n) is 14.4. The predicted molar refractivity (Wildman–Crippen MR) is 148 cm³/mol. The lowest BCUT2D eigenvalue weighted by Crippen LogP contribution is -2.46. The third kappa shape index (κ3) is 4.56. The van der Waals surface area contributed by atoms with Gasteiger partial charge in [0.15, 0.2) is 0 Å². The van der Waals surface area contributed by atoms with Crippen molar-refractivity contribution in [3.8, 4) is 11.3 Å². The maximum absolute atomic E-state index is 13.9. The van der Waals surface area contributed by atoms with Crippen molar-refractivity contribution in [1.82, 2.24) is 5.16 Å². The van der Waals surface area contributed by atoms with Crippen LogP contribution in [-0.4, -0.2) is 34.4 Å². The number of nitrogens with zero attached hydrogens (tertiary/aromatic N) is 2. The number of benzene rings is 2. The van der Waals surface area contributed by atoms with Gasteiger partial charge in [0, 0.05) is 40.2 Å². The van der Waals surface area contributed by atoms with E-state index in [0.29, 0.717) is 22.8 Å². The summed E-state index contributed by atoms with van der Waals surface area (Å²) >= 11 is 0. The molecule has 220 valence electrons. The number of halogens is 3. The number of hydrogen-bond donors (Lipinski definition) is 1.